The van der Waals surface area contributed by atoms with Crippen LogP contribution in [0.15, 0.2) is 78.9 Å². The van der Waals surface area contributed by atoms with Gasteiger partial charge >= 0.3 is 11.9 Å². The van der Waals surface area contributed by atoms with Crippen molar-refractivity contribution in [2.45, 2.75) is 85.4 Å². The summed E-state index contributed by atoms with van der Waals surface area (Å²) in [5.74, 6) is -1.15. The van der Waals surface area contributed by atoms with Crippen molar-refractivity contribution >= 4 is 23.8 Å². The summed E-state index contributed by atoms with van der Waals surface area (Å²) in [6.07, 6.45) is 1.13. The third-order valence-corrected chi connectivity index (χ3v) is 8.46. The molecule has 10 nitrogen and oxygen atoms in total. The van der Waals surface area contributed by atoms with E-state index in [1.807, 2.05) is 60.7 Å². The maximum atomic E-state index is 13.6. The number of carbonyl (C=O) groups is 4. The molecule has 3 N–H and O–H groups in total. The summed E-state index contributed by atoms with van der Waals surface area (Å²) in [6, 6.07) is 23.1. The number of likely N-dealkylation sites (tertiary alicyclic amines) is 1. The molecule has 1 saturated heterocycles. The average Bonchev–Trinajstić information content (AvgIpc) is 3.56. The molecule has 2 amide bonds. The molecular weight excluding hydrogens is 634 g/mol. The molecule has 0 aliphatic carbocycles. The van der Waals surface area contributed by atoms with E-state index in [-0.39, 0.29) is 42.3 Å². The molecular formula is C40H51N3O7. The van der Waals surface area contributed by atoms with E-state index in [0.717, 1.165) is 17.5 Å². The minimum absolute atomic E-state index is 0.0382. The molecule has 10 heteroatoms. The number of nitrogens with one attached hydrogen (secondary N) is 2. The van der Waals surface area contributed by atoms with Crippen LogP contribution in [0.1, 0.15) is 77.2 Å². The lowest BCUT2D eigenvalue weighted by molar-refractivity contribution is -0.145. The zero-order valence-corrected chi connectivity index (χ0v) is 30.0. The number of hydrogen-bond donors (Lipinski definition) is 3. The molecule has 0 spiro atoms. The monoisotopic (exact) mass is 685 g/mol. The van der Waals surface area contributed by atoms with E-state index in [1.54, 1.807) is 52.5 Å². The maximum absolute atomic E-state index is 13.6. The lowest BCUT2D eigenvalue weighted by Crippen LogP contribution is -2.52. The van der Waals surface area contributed by atoms with E-state index in [2.05, 4.69) is 10.6 Å². The number of aliphatic hydroxyl groups excluding tert-OH is 1. The second kappa shape index (κ2) is 16.9. The topological polar surface area (TPSA) is 134 Å². The fourth-order valence-electron chi connectivity index (χ4n) is 5.49. The van der Waals surface area contributed by atoms with Gasteiger partial charge in [0, 0.05) is 25.7 Å². The Labute approximate surface area is 295 Å². The Kier molecular flexibility index (Phi) is 12.9. The fraction of sp³-hybridized carbons (Fsp3) is 0.450. The molecule has 3 atom stereocenters. The molecule has 0 radical (unpaired) electrons. The van der Waals surface area contributed by atoms with Crippen LogP contribution in [0, 0.1) is 10.8 Å². The molecule has 4 rings (SSSR count). The summed E-state index contributed by atoms with van der Waals surface area (Å²) in [6.45, 7) is 11.3. The molecule has 1 fully saturated rings. The van der Waals surface area contributed by atoms with E-state index in [4.69, 9.17) is 9.47 Å². The molecule has 0 saturated carbocycles. The van der Waals surface area contributed by atoms with Gasteiger partial charge in [0.25, 0.3) is 0 Å². The van der Waals surface area contributed by atoms with Gasteiger partial charge in [-0.2, -0.15) is 0 Å². The summed E-state index contributed by atoms with van der Waals surface area (Å²) < 4.78 is 11.2. The predicted molar refractivity (Wildman–Crippen MR) is 191 cm³/mol. The van der Waals surface area contributed by atoms with Gasteiger partial charge in [-0.1, -0.05) is 66.7 Å². The molecule has 2 unspecified atom stereocenters. The molecule has 0 bridgehead atoms. The molecule has 50 heavy (non-hydrogen) atoms. The van der Waals surface area contributed by atoms with Crippen molar-refractivity contribution in [2.75, 3.05) is 19.6 Å². The van der Waals surface area contributed by atoms with Gasteiger partial charge in [0.15, 0.2) is 11.5 Å². The Bertz CT molecular complexity index is 1610. The second-order valence-electron chi connectivity index (χ2n) is 15.0. The van der Waals surface area contributed by atoms with Crippen LogP contribution >= 0.6 is 0 Å². The number of ether oxygens (including phenoxy) is 2. The van der Waals surface area contributed by atoms with Crippen molar-refractivity contribution in [3.05, 3.63) is 95.6 Å². The summed E-state index contributed by atoms with van der Waals surface area (Å²) in [7, 11) is 0. The number of carbonyl (C=O) groups excluding carboxylic acids is 4. The normalized spacial score (nSPS) is 16.0. The van der Waals surface area contributed by atoms with Crippen LogP contribution in [0.4, 0.5) is 0 Å². The lowest BCUT2D eigenvalue weighted by Gasteiger charge is -2.27. The van der Waals surface area contributed by atoms with Crippen molar-refractivity contribution in [3.63, 3.8) is 0 Å². The number of nitrogens with zero attached hydrogens (tertiary/aromatic N) is 1. The van der Waals surface area contributed by atoms with Gasteiger partial charge in [-0.05, 0) is 89.6 Å². The minimum atomic E-state index is -1.01. The third kappa shape index (κ3) is 11.0. The molecule has 1 aliphatic rings. The first-order valence-electron chi connectivity index (χ1n) is 17.3. The Morgan fingerprint density at radius 3 is 1.98 bits per heavy atom. The summed E-state index contributed by atoms with van der Waals surface area (Å²) >= 11 is 0. The Morgan fingerprint density at radius 1 is 0.800 bits per heavy atom. The third-order valence-electron chi connectivity index (χ3n) is 8.46. The van der Waals surface area contributed by atoms with Crippen LogP contribution in [-0.2, 0) is 32.0 Å². The van der Waals surface area contributed by atoms with Crippen molar-refractivity contribution in [1.82, 2.24) is 15.5 Å². The zero-order chi connectivity index (χ0) is 36.5. The molecule has 0 aromatic heterocycles. The van der Waals surface area contributed by atoms with Crippen molar-refractivity contribution < 1.29 is 33.8 Å². The SMILES string of the molecule is CC(C)(C)C(=O)Oc1ccc(C(O)CNCC(Cc2ccccc2)NC(=O)[C@H]2CCCN2C(=O)Cc2ccccc2)cc1OC(=O)C(C)(C)C. The van der Waals surface area contributed by atoms with Crippen molar-refractivity contribution in [2.24, 2.45) is 10.8 Å². The highest BCUT2D eigenvalue weighted by Crippen LogP contribution is 2.34. The largest absolute Gasteiger partial charge is 0.422 e. The zero-order valence-electron chi connectivity index (χ0n) is 30.0. The summed E-state index contributed by atoms with van der Waals surface area (Å²) in [4.78, 5) is 53.9. The molecule has 1 heterocycles. The second-order valence-corrected chi connectivity index (χ2v) is 15.0. The van der Waals surface area contributed by atoms with E-state index < -0.39 is 34.9 Å². The van der Waals surface area contributed by atoms with Crippen LogP contribution in [0.3, 0.4) is 0 Å². The van der Waals surface area contributed by atoms with E-state index in [9.17, 15) is 24.3 Å². The molecule has 1 aliphatic heterocycles. The fourth-order valence-corrected chi connectivity index (χ4v) is 5.49. The number of aliphatic hydroxyl groups is 1. The van der Waals surface area contributed by atoms with E-state index in [0.29, 0.717) is 31.5 Å². The van der Waals surface area contributed by atoms with Gasteiger partial charge in [0.2, 0.25) is 11.8 Å². The Balaban J connectivity index is 1.44. The average molecular weight is 686 g/mol. The molecule has 268 valence electrons. The maximum Gasteiger partial charge on any atom is 0.316 e. The van der Waals surface area contributed by atoms with Gasteiger partial charge in [0.05, 0.1) is 23.4 Å². The summed E-state index contributed by atoms with van der Waals surface area (Å²) in [5.41, 5.74) is 0.798. The van der Waals surface area contributed by atoms with Crippen molar-refractivity contribution in [1.29, 1.82) is 0 Å². The van der Waals surface area contributed by atoms with Gasteiger partial charge in [-0.3, -0.25) is 19.2 Å². The van der Waals surface area contributed by atoms with Crippen molar-refractivity contribution in [3.8, 4) is 11.5 Å². The minimum Gasteiger partial charge on any atom is -0.422 e. The van der Waals surface area contributed by atoms with Crippen LogP contribution in [0.25, 0.3) is 0 Å². The predicted octanol–water partition coefficient (Wildman–Crippen LogP) is 5.17. The van der Waals surface area contributed by atoms with Crippen LogP contribution < -0.4 is 20.1 Å². The highest BCUT2D eigenvalue weighted by atomic mass is 16.6. The molecule has 3 aromatic carbocycles. The first kappa shape index (κ1) is 38.3. The van der Waals surface area contributed by atoms with E-state index in [1.165, 1.54) is 12.1 Å². The number of benzene rings is 3. The smallest absolute Gasteiger partial charge is 0.316 e. The quantitative estimate of drug-likeness (QED) is 0.166. The Hall–Kier alpha value is -4.54. The van der Waals surface area contributed by atoms with E-state index >= 15 is 0 Å². The van der Waals surface area contributed by atoms with Gasteiger partial charge in [-0.25, -0.2) is 0 Å². The number of amides is 2. The summed E-state index contributed by atoms with van der Waals surface area (Å²) in [5, 5.41) is 17.6. The molecule has 3 aromatic rings. The first-order chi connectivity index (χ1) is 23.6. The Morgan fingerprint density at radius 2 is 1.38 bits per heavy atom. The van der Waals surface area contributed by atoms with Gasteiger partial charge in [-0.15, -0.1) is 0 Å². The first-order valence-corrected chi connectivity index (χ1v) is 17.3. The number of esters is 2. The standard InChI is InChI=1S/C40H51N3O7/c1-39(2,3)37(47)49-33-20-19-29(24-34(33)50-38(48)40(4,5)6)32(44)26-41-25-30(22-27-14-9-7-10-15-27)42-36(46)31-18-13-21-43(31)35(45)23-28-16-11-8-12-17-28/h7-12,14-17,19-20,24,30-32,41,44H,13,18,21-23,25-26H2,1-6H3,(H,42,46)/t30?,31-,32?/m1/s1. The van der Waals surface area contributed by atoms with Crippen LogP contribution in [-0.4, -0.2) is 65.5 Å². The van der Waals surface area contributed by atoms with Gasteiger partial charge in [0.1, 0.15) is 6.04 Å². The number of hydrogen-bond acceptors (Lipinski definition) is 8. The number of rotatable bonds is 13. The highest BCUT2D eigenvalue weighted by Gasteiger charge is 2.35. The lowest BCUT2D eigenvalue weighted by atomic mass is 9.97. The highest BCUT2D eigenvalue weighted by molar-refractivity contribution is 5.89. The van der Waals surface area contributed by atoms with Gasteiger partial charge < -0.3 is 30.1 Å². The van der Waals surface area contributed by atoms with Crippen LogP contribution in [0.5, 0.6) is 11.5 Å². The van der Waals surface area contributed by atoms with Crippen LogP contribution in [0.2, 0.25) is 0 Å².